The van der Waals surface area contributed by atoms with E-state index in [2.05, 4.69) is 33.4 Å². The fraction of sp³-hybridized carbons (Fsp3) is 0.538. The number of benzene rings is 1. The molecule has 176 valence electrons. The minimum atomic E-state index is -1.12. The number of fused-ring (bicyclic) bond motifs is 3. The average molecular weight is 461 g/mol. The van der Waals surface area contributed by atoms with Crippen molar-refractivity contribution in [2.45, 2.75) is 70.1 Å². The van der Waals surface area contributed by atoms with Gasteiger partial charge in [-0.25, -0.2) is 4.79 Å². The van der Waals surface area contributed by atoms with Crippen LogP contribution in [0.5, 0.6) is 0 Å². The lowest BCUT2D eigenvalue weighted by atomic mass is 9.61. The molecule has 1 N–H and O–H groups in total. The van der Waals surface area contributed by atoms with E-state index in [1.54, 1.807) is 14.0 Å². The standard InChI is InChI=1S/C26H28N4O4/c1-16-28-29-22(34-16)15-30-23(31)26(27-24(30)32)21-13-18(6-5-17-3-4-17)7-8-19(21)14-25(26)11-9-20(33-2)10-12-25/h7-8,13,17,20H,3-4,9-12,14-15H2,1-2H3,(H,27,32). The SMILES string of the molecule is COC1CCC2(CC1)Cc1ccc(C#CC3CC3)cc1C21NC(=O)N(Cc2nnc(C)o2)C1=O. The van der Waals surface area contributed by atoms with E-state index in [4.69, 9.17) is 9.15 Å². The zero-order valence-electron chi connectivity index (χ0n) is 19.5. The number of nitrogens with zero attached hydrogens (tertiary/aromatic N) is 3. The highest BCUT2D eigenvalue weighted by Crippen LogP contribution is 2.60. The van der Waals surface area contributed by atoms with Crippen LogP contribution in [-0.2, 0) is 28.0 Å². The van der Waals surface area contributed by atoms with Crippen LogP contribution in [0.1, 0.15) is 67.0 Å². The third kappa shape index (κ3) is 3.17. The summed E-state index contributed by atoms with van der Waals surface area (Å²) in [5.74, 6) is 7.50. The van der Waals surface area contributed by atoms with Gasteiger partial charge in [-0.05, 0) is 68.2 Å². The molecule has 1 aromatic carbocycles. The molecular formula is C26H28N4O4. The molecular weight excluding hydrogens is 432 g/mol. The van der Waals surface area contributed by atoms with Crippen LogP contribution in [0.25, 0.3) is 0 Å². The number of aromatic nitrogens is 2. The number of urea groups is 1. The highest BCUT2D eigenvalue weighted by Gasteiger charge is 2.68. The second kappa shape index (κ2) is 7.67. The summed E-state index contributed by atoms with van der Waals surface area (Å²) in [7, 11) is 1.74. The molecule has 1 aliphatic heterocycles. The molecule has 3 amide bonds. The number of nitrogens with one attached hydrogen (secondary N) is 1. The predicted octanol–water partition coefficient (Wildman–Crippen LogP) is 3.22. The number of hydrogen-bond acceptors (Lipinski definition) is 6. The zero-order valence-corrected chi connectivity index (χ0v) is 19.5. The number of aryl methyl sites for hydroxylation is 1. The second-order valence-corrected chi connectivity index (χ2v) is 10.1. The van der Waals surface area contributed by atoms with E-state index in [0.717, 1.165) is 61.6 Å². The minimum absolute atomic E-state index is 0.0411. The molecule has 3 aliphatic carbocycles. The fourth-order valence-electron chi connectivity index (χ4n) is 6.08. The largest absolute Gasteiger partial charge is 0.424 e. The summed E-state index contributed by atoms with van der Waals surface area (Å²) in [6.45, 7) is 1.64. The topological polar surface area (TPSA) is 97.6 Å². The Kier molecular flexibility index (Phi) is 4.82. The summed E-state index contributed by atoms with van der Waals surface area (Å²) in [6, 6.07) is 5.74. The molecule has 2 spiro atoms. The van der Waals surface area contributed by atoms with Gasteiger partial charge < -0.3 is 14.5 Å². The smallest absolute Gasteiger partial charge is 0.325 e. The maximum absolute atomic E-state index is 14.2. The van der Waals surface area contributed by atoms with Gasteiger partial charge in [0.05, 0.1) is 6.10 Å². The number of ether oxygens (including phenoxy) is 1. The molecule has 6 rings (SSSR count). The number of methoxy groups -OCH3 is 1. The van der Waals surface area contributed by atoms with Crippen molar-refractivity contribution in [1.82, 2.24) is 20.4 Å². The van der Waals surface area contributed by atoms with Crippen molar-refractivity contribution in [3.8, 4) is 11.8 Å². The van der Waals surface area contributed by atoms with Crippen molar-refractivity contribution in [3.63, 3.8) is 0 Å². The van der Waals surface area contributed by atoms with Gasteiger partial charge in [-0.15, -0.1) is 10.2 Å². The van der Waals surface area contributed by atoms with Crippen molar-refractivity contribution >= 4 is 11.9 Å². The van der Waals surface area contributed by atoms with Crippen molar-refractivity contribution < 1.29 is 18.7 Å². The lowest BCUT2D eigenvalue weighted by Crippen LogP contribution is -2.56. The van der Waals surface area contributed by atoms with Gasteiger partial charge >= 0.3 is 6.03 Å². The molecule has 1 saturated heterocycles. The van der Waals surface area contributed by atoms with Crippen LogP contribution < -0.4 is 5.32 Å². The number of imide groups is 1. The van der Waals surface area contributed by atoms with E-state index < -0.39 is 17.0 Å². The lowest BCUT2D eigenvalue weighted by Gasteiger charge is -2.46. The Morgan fingerprint density at radius 1 is 1.21 bits per heavy atom. The van der Waals surface area contributed by atoms with Gasteiger partial charge in [0.25, 0.3) is 5.91 Å². The quantitative estimate of drug-likeness (QED) is 0.558. The van der Waals surface area contributed by atoms with E-state index in [1.807, 2.05) is 12.1 Å². The molecule has 34 heavy (non-hydrogen) atoms. The second-order valence-electron chi connectivity index (χ2n) is 10.1. The van der Waals surface area contributed by atoms with Gasteiger partial charge in [0.1, 0.15) is 6.54 Å². The molecule has 8 nitrogen and oxygen atoms in total. The van der Waals surface area contributed by atoms with Gasteiger partial charge in [0.15, 0.2) is 5.54 Å². The monoisotopic (exact) mass is 460 g/mol. The molecule has 2 aromatic rings. The molecule has 3 fully saturated rings. The van der Waals surface area contributed by atoms with Gasteiger partial charge in [-0.1, -0.05) is 17.9 Å². The molecule has 1 unspecified atom stereocenters. The van der Waals surface area contributed by atoms with Crippen molar-refractivity contribution in [2.75, 3.05) is 7.11 Å². The highest BCUT2D eigenvalue weighted by atomic mass is 16.5. The minimum Gasteiger partial charge on any atom is -0.424 e. The zero-order chi connectivity index (χ0) is 23.5. The van der Waals surface area contributed by atoms with Crippen molar-refractivity contribution in [2.24, 2.45) is 11.3 Å². The summed E-state index contributed by atoms with van der Waals surface area (Å²) in [4.78, 5) is 28.7. The summed E-state index contributed by atoms with van der Waals surface area (Å²) < 4.78 is 11.1. The first-order valence-electron chi connectivity index (χ1n) is 12.0. The Hall–Kier alpha value is -3.18. The summed E-state index contributed by atoms with van der Waals surface area (Å²) in [5, 5.41) is 11.0. The number of hydrogen-bond donors (Lipinski definition) is 1. The number of amides is 3. The van der Waals surface area contributed by atoms with Crippen molar-refractivity contribution in [3.05, 3.63) is 46.7 Å². The van der Waals surface area contributed by atoms with Crippen LogP contribution in [-0.4, -0.2) is 40.2 Å². The molecule has 1 aromatic heterocycles. The molecule has 0 radical (unpaired) electrons. The van der Waals surface area contributed by atoms with E-state index in [1.165, 1.54) is 4.90 Å². The van der Waals surface area contributed by atoms with Crippen LogP contribution in [0.15, 0.2) is 22.6 Å². The fourth-order valence-corrected chi connectivity index (χ4v) is 6.08. The maximum Gasteiger partial charge on any atom is 0.325 e. The van der Waals surface area contributed by atoms with Crippen LogP contribution in [0.2, 0.25) is 0 Å². The van der Waals surface area contributed by atoms with Gasteiger partial charge in [0, 0.05) is 30.9 Å². The highest BCUT2D eigenvalue weighted by molar-refractivity contribution is 6.08. The Balaban J connectivity index is 1.43. The molecule has 1 atom stereocenters. The van der Waals surface area contributed by atoms with Crippen LogP contribution >= 0.6 is 0 Å². The third-order valence-electron chi connectivity index (χ3n) is 8.03. The van der Waals surface area contributed by atoms with Crippen LogP contribution in [0, 0.1) is 30.1 Å². The molecule has 4 aliphatic rings. The number of carbonyl (C=O) groups is 2. The van der Waals surface area contributed by atoms with E-state index in [-0.39, 0.29) is 24.4 Å². The van der Waals surface area contributed by atoms with Gasteiger partial charge in [-0.3, -0.25) is 9.69 Å². The Morgan fingerprint density at radius 2 is 2.00 bits per heavy atom. The van der Waals surface area contributed by atoms with Gasteiger partial charge in [0.2, 0.25) is 11.8 Å². The number of rotatable bonds is 3. The van der Waals surface area contributed by atoms with E-state index in [0.29, 0.717) is 11.8 Å². The maximum atomic E-state index is 14.2. The molecule has 2 heterocycles. The molecule has 0 bridgehead atoms. The third-order valence-corrected chi connectivity index (χ3v) is 8.03. The first-order valence-corrected chi connectivity index (χ1v) is 12.0. The normalized spacial score (nSPS) is 29.9. The van der Waals surface area contributed by atoms with E-state index in [9.17, 15) is 9.59 Å². The first kappa shape index (κ1) is 21.4. The van der Waals surface area contributed by atoms with Crippen LogP contribution in [0.3, 0.4) is 0 Å². The average Bonchev–Trinajstić information content (AvgIpc) is 3.46. The van der Waals surface area contributed by atoms with Gasteiger partial charge in [-0.2, -0.15) is 0 Å². The Bertz CT molecular complexity index is 1230. The van der Waals surface area contributed by atoms with Crippen molar-refractivity contribution in [1.29, 1.82) is 0 Å². The Morgan fingerprint density at radius 3 is 2.68 bits per heavy atom. The summed E-state index contributed by atoms with van der Waals surface area (Å²) in [6.07, 6.45) is 6.53. The predicted molar refractivity (Wildman–Crippen MR) is 121 cm³/mol. The lowest BCUT2D eigenvalue weighted by molar-refractivity contribution is -0.139. The first-order chi connectivity index (χ1) is 16.4. The number of carbonyl (C=O) groups excluding carboxylic acids is 2. The molecule has 8 heteroatoms. The van der Waals surface area contributed by atoms with Crippen LogP contribution in [0.4, 0.5) is 4.79 Å². The summed E-state index contributed by atoms with van der Waals surface area (Å²) in [5.41, 5.74) is 1.36. The van der Waals surface area contributed by atoms with E-state index >= 15 is 0 Å². The Labute approximate surface area is 198 Å². The summed E-state index contributed by atoms with van der Waals surface area (Å²) >= 11 is 0. The molecule has 2 saturated carbocycles.